The largest absolute Gasteiger partial charge is 0.444 e. The molecule has 1 fully saturated rings. The van der Waals surface area contributed by atoms with E-state index in [0.717, 1.165) is 22.4 Å². The average Bonchev–Trinajstić information content (AvgIpc) is 3.40. The van der Waals surface area contributed by atoms with Crippen LogP contribution in [0.2, 0.25) is 0 Å². The summed E-state index contributed by atoms with van der Waals surface area (Å²) >= 11 is 0. The quantitative estimate of drug-likeness (QED) is 0.497. The van der Waals surface area contributed by atoms with Crippen molar-refractivity contribution in [1.82, 2.24) is 4.90 Å². The van der Waals surface area contributed by atoms with Gasteiger partial charge in [0.2, 0.25) is 5.91 Å². The van der Waals surface area contributed by atoms with Crippen LogP contribution in [0.1, 0.15) is 42.1 Å². The van der Waals surface area contributed by atoms with Crippen molar-refractivity contribution in [3.8, 4) is 0 Å². The summed E-state index contributed by atoms with van der Waals surface area (Å²) in [5.74, 6) is -0.570. The lowest BCUT2D eigenvalue weighted by atomic mass is 9.96. The van der Waals surface area contributed by atoms with Gasteiger partial charge in [-0.1, -0.05) is 78.9 Å². The summed E-state index contributed by atoms with van der Waals surface area (Å²) in [7, 11) is 0. The minimum atomic E-state index is -0.637. The van der Waals surface area contributed by atoms with Crippen LogP contribution in [0.3, 0.4) is 0 Å². The van der Waals surface area contributed by atoms with E-state index < -0.39 is 24.3 Å². The molecule has 0 saturated carbocycles. The summed E-state index contributed by atoms with van der Waals surface area (Å²) in [5, 5.41) is 0. The van der Waals surface area contributed by atoms with Crippen molar-refractivity contribution >= 4 is 23.8 Å². The number of imide groups is 1. The summed E-state index contributed by atoms with van der Waals surface area (Å²) in [4.78, 5) is 41.6. The second-order valence-electron chi connectivity index (χ2n) is 8.83. The van der Waals surface area contributed by atoms with E-state index in [2.05, 4.69) is 0 Å². The first kappa shape index (κ1) is 22.7. The molecule has 3 amide bonds. The minimum absolute atomic E-state index is 0.0838. The Morgan fingerprint density at radius 2 is 1.60 bits per heavy atom. The lowest BCUT2D eigenvalue weighted by Gasteiger charge is -2.21. The van der Waals surface area contributed by atoms with Gasteiger partial charge >= 0.3 is 12.2 Å². The van der Waals surface area contributed by atoms with E-state index in [1.807, 2.05) is 91.9 Å². The van der Waals surface area contributed by atoms with Gasteiger partial charge in [-0.3, -0.25) is 9.69 Å². The first-order valence-electron chi connectivity index (χ1n) is 11.7. The van der Waals surface area contributed by atoms with Crippen molar-refractivity contribution in [3.63, 3.8) is 0 Å². The molecule has 2 aliphatic rings. The fourth-order valence-electron chi connectivity index (χ4n) is 4.83. The minimum Gasteiger partial charge on any atom is -0.444 e. The Bertz CT molecular complexity index is 1230. The predicted octanol–water partition coefficient (Wildman–Crippen LogP) is 5.43. The molecule has 35 heavy (non-hydrogen) atoms. The van der Waals surface area contributed by atoms with E-state index in [0.29, 0.717) is 6.54 Å². The number of carbonyl (C=O) groups is 3. The third-order valence-electron chi connectivity index (χ3n) is 6.58. The van der Waals surface area contributed by atoms with Gasteiger partial charge in [0, 0.05) is 18.9 Å². The Morgan fingerprint density at radius 3 is 2.34 bits per heavy atom. The number of anilines is 1. The molecule has 0 bridgehead atoms. The smallest absolute Gasteiger partial charge is 0.417 e. The van der Waals surface area contributed by atoms with E-state index >= 15 is 0 Å². The SMILES string of the molecule is C[C@H]1[C@@H](c2ccccc2)OC(=O)N1C(=O)CC1CN(C(=O)OCc2ccccc2)c2ccccc21. The van der Waals surface area contributed by atoms with Gasteiger partial charge in [0.05, 0.1) is 11.7 Å². The predicted molar refractivity (Wildman–Crippen MR) is 130 cm³/mol. The molecule has 7 nitrogen and oxygen atoms in total. The van der Waals surface area contributed by atoms with Crippen molar-refractivity contribution in [2.75, 3.05) is 11.4 Å². The summed E-state index contributed by atoms with van der Waals surface area (Å²) in [5.41, 5.74) is 3.36. The van der Waals surface area contributed by atoms with Crippen LogP contribution in [0, 0.1) is 0 Å². The van der Waals surface area contributed by atoms with Gasteiger partial charge in [-0.05, 0) is 29.7 Å². The summed E-state index contributed by atoms with van der Waals surface area (Å²) < 4.78 is 11.1. The maximum absolute atomic E-state index is 13.3. The number of fused-ring (bicyclic) bond motifs is 1. The first-order chi connectivity index (χ1) is 17.0. The molecule has 3 atom stereocenters. The van der Waals surface area contributed by atoms with Crippen LogP contribution < -0.4 is 4.90 Å². The standard InChI is InChI=1S/C28H26N2O5/c1-19-26(21-12-6-3-7-13-21)35-28(33)30(19)25(31)16-22-17-29(24-15-9-8-14-23(22)24)27(32)34-18-20-10-4-2-5-11-20/h2-15,19,22,26H,16-18H2,1H3/t19-,22?,26-/m0/s1. The number of carbonyl (C=O) groups excluding carboxylic acids is 3. The number of para-hydroxylation sites is 1. The number of amides is 3. The van der Waals surface area contributed by atoms with Gasteiger partial charge in [-0.15, -0.1) is 0 Å². The molecule has 1 saturated heterocycles. The third kappa shape index (κ3) is 4.49. The van der Waals surface area contributed by atoms with Crippen LogP contribution in [0.25, 0.3) is 0 Å². The lowest BCUT2D eigenvalue weighted by molar-refractivity contribution is -0.129. The van der Waals surface area contributed by atoms with E-state index in [-0.39, 0.29) is 24.9 Å². The van der Waals surface area contributed by atoms with Crippen LogP contribution in [0.4, 0.5) is 15.3 Å². The van der Waals surface area contributed by atoms with Crippen LogP contribution >= 0.6 is 0 Å². The van der Waals surface area contributed by atoms with E-state index in [9.17, 15) is 14.4 Å². The molecule has 1 unspecified atom stereocenters. The van der Waals surface area contributed by atoms with Crippen molar-refractivity contribution in [3.05, 3.63) is 102 Å². The highest BCUT2D eigenvalue weighted by atomic mass is 16.6. The number of hydrogen-bond acceptors (Lipinski definition) is 5. The van der Waals surface area contributed by atoms with Crippen LogP contribution in [-0.4, -0.2) is 35.6 Å². The van der Waals surface area contributed by atoms with Gasteiger partial charge in [-0.2, -0.15) is 0 Å². The van der Waals surface area contributed by atoms with Gasteiger partial charge in [-0.25, -0.2) is 14.5 Å². The normalized spacial score (nSPS) is 20.9. The summed E-state index contributed by atoms with van der Waals surface area (Å²) in [6.07, 6.45) is -1.52. The third-order valence-corrected chi connectivity index (χ3v) is 6.58. The lowest BCUT2D eigenvalue weighted by Crippen LogP contribution is -2.39. The van der Waals surface area contributed by atoms with Crippen molar-refractivity contribution < 1.29 is 23.9 Å². The van der Waals surface area contributed by atoms with E-state index in [1.165, 1.54) is 4.90 Å². The molecule has 0 radical (unpaired) electrons. The van der Waals surface area contributed by atoms with Crippen molar-refractivity contribution in [1.29, 1.82) is 0 Å². The highest BCUT2D eigenvalue weighted by Gasteiger charge is 2.44. The Kier molecular flexibility index (Phi) is 6.23. The highest BCUT2D eigenvalue weighted by Crippen LogP contribution is 2.40. The fourth-order valence-corrected chi connectivity index (χ4v) is 4.83. The Balaban J connectivity index is 1.28. The summed E-state index contributed by atoms with van der Waals surface area (Å²) in [6, 6.07) is 26.0. The topological polar surface area (TPSA) is 76.2 Å². The molecule has 2 heterocycles. The molecule has 3 aromatic carbocycles. The zero-order valence-electron chi connectivity index (χ0n) is 19.4. The molecule has 2 aliphatic heterocycles. The molecule has 0 N–H and O–H groups in total. The second kappa shape index (κ2) is 9.62. The maximum atomic E-state index is 13.3. The molecular formula is C28H26N2O5. The molecule has 178 valence electrons. The van der Waals surface area contributed by atoms with Crippen LogP contribution in [-0.2, 0) is 20.9 Å². The maximum Gasteiger partial charge on any atom is 0.417 e. The van der Waals surface area contributed by atoms with Crippen LogP contribution in [0.15, 0.2) is 84.9 Å². The number of ether oxygens (including phenoxy) is 2. The van der Waals surface area contributed by atoms with Gasteiger partial charge in [0.25, 0.3) is 0 Å². The van der Waals surface area contributed by atoms with Crippen LogP contribution in [0.5, 0.6) is 0 Å². The average molecular weight is 471 g/mol. The first-order valence-corrected chi connectivity index (χ1v) is 11.7. The fraction of sp³-hybridized carbons (Fsp3) is 0.250. The van der Waals surface area contributed by atoms with Gasteiger partial charge in [0.15, 0.2) is 0 Å². The highest BCUT2D eigenvalue weighted by molar-refractivity contribution is 5.96. The Labute approximate surface area is 203 Å². The van der Waals surface area contributed by atoms with Crippen molar-refractivity contribution in [2.24, 2.45) is 0 Å². The molecular weight excluding hydrogens is 444 g/mol. The van der Waals surface area contributed by atoms with Gasteiger partial charge in [0.1, 0.15) is 12.7 Å². The molecule has 5 rings (SSSR count). The number of benzene rings is 3. The zero-order valence-corrected chi connectivity index (χ0v) is 19.4. The Morgan fingerprint density at radius 1 is 0.943 bits per heavy atom. The molecule has 0 aliphatic carbocycles. The number of rotatable bonds is 5. The van der Waals surface area contributed by atoms with E-state index in [1.54, 1.807) is 4.90 Å². The number of hydrogen-bond donors (Lipinski definition) is 0. The molecule has 0 spiro atoms. The summed E-state index contributed by atoms with van der Waals surface area (Å²) in [6.45, 7) is 2.29. The van der Waals surface area contributed by atoms with Gasteiger partial charge < -0.3 is 9.47 Å². The zero-order chi connectivity index (χ0) is 24.4. The van der Waals surface area contributed by atoms with E-state index in [4.69, 9.17) is 9.47 Å². The molecule has 7 heteroatoms. The number of nitrogens with zero attached hydrogens (tertiary/aromatic N) is 2. The second-order valence-corrected chi connectivity index (χ2v) is 8.83. The van der Waals surface area contributed by atoms with Crippen molar-refractivity contribution in [2.45, 2.75) is 38.0 Å². The number of cyclic esters (lactones) is 1. The molecule has 0 aromatic heterocycles. The molecule has 3 aromatic rings. The Hall–Kier alpha value is -4.13. The monoisotopic (exact) mass is 470 g/mol.